The van der Waals surface area contributed by atoms with Crippen LogP contribution in [0.5, 0.6) is 0 Å². The van der Waals surface area contributed by atoms with Crippen LogP contribution in [0.2, 0.25) is 0 Å². The van der Waals surface area contributed by atoms with Crippen LogP contribution in [0.25, 0.3) is 5.69 Å². The fraction of sp³-hybridized carbons (Fsp3) is 0.375. The van der Waals surface area contributed by atoms with Crippen molar-refractivity contribution in [3.05, 3.63) is 65.7 Å². The minimum absolute atomic E-state index is 0.0296. The van der Waals surface area contributed by atoms with Gasteiger partial charge in [0.2, 0.25) is 11.9 Å². The molecule has 0 bridgehead atoms. The van der Waals surface area contributed by atoms with E-state index in [-0.39, 0.29) is 17.2 Å². The van der Waals surface area contributed by atoms with E-state index in [9.17, 15) is 4.79 Å². The second-order valence-corrected chi connectivity index (χ2v) is 9.27. The number of aromatic nitrogens is 3. The standard InChI is InChI=1S/C24H29N5O2S/c1-17-8-7-11-21(16-17)29-23(28-12-14-31-15-13-28)26-27-24(29)32-19(3)22(30)25-18(2)20-9-5-4-6-10-20/h4-11,16,18-19H,12-15H2,1-3H3,(H,25,30). The summed E-state index contributed by atoms with van der Waals surface area (Å²) in [6.45, 7) is 8.82. The number of thioether (sulfide) groups is 1. The highest BCUT2D eigenvalue weighted by molar-refractivity contribution is 8.00. The second kappa shape index (κ2) is 10.2. The molecule has 1 fully saturated rings. The maximum absolute atomic E-state index is 12.9. The SMILES string of the molecule is Cc1cccc(-n2c(SC(C)C(=O)NC(C)c3ccccc3)nnc2N2CCOCC2)c1. The molecule has 2 heterocycles. The maximum Gasteiger partial charge on any atom is 0.233 e. The third-order valence-corrected chi connectivity index (χ3v) is 6.52. The summed E-state index contributed by atoms with van der Waals surface area (Å²) in [7, 11) is 0. The number of benzene rings is 2. The van der Waals surface area contributed by atoms with Crippen molar-refractivity contribution in [2.45, 2.75) is 37.2 Å². The lowest BCUT2D eigenvalue weighted by Gasteiger charge is -2.28. The first-order valence-corrected chi connectivity index (χ1v) is 11.8. The molecule has 2 unspecified atom stereocenters. The van der Waals surface area contributed by atoms with E-state index in [4.69, 9.17) is 4.74 Å². The number of nitrogens with zero attached hydrogens (tertiary/aromatic N) is 4. The molecule has 168 valence electrons. The van der Waals surface area contributed by atoms with Gasteiger partial charge in [-0.2, -0.15) is 0 Å². The van der Waals surface area contributed by atoms with E-state index in [0.717, 1.165) is 35.9 Å². The average molecular weight is 452 g/mol. The molecular weight excluding hydrogens is 422 g/mol. The zero-order chi connectivity index (χ0) is 22.5. The van der Waals surface area contributed by atoms with Crippen LogP contribution >= 0.6 is 11.8 Å². The summed E-state index contributed by atoms with van der Waals surface area (Å²) >= 11 is 1.42. The Morgan fingerprint density at radius 2 is 1.81 bits per heavy atom. The summed E-state index contributed by atoms with van der Waals surface area (Å²) in [5.41, 5.74) is 3.22. The van der Waals surface area contributed by atoms with Gasteiger partial charge in [0, 0.05) is 13.1 Å². The maximum atomic E-state index is 12.9. The number of carbonyl (C=O) groups is 1. The quantitative estimate of drug-likeness (QED) is 0.552. The molecule has 1 aromatic heterocycles. The van der Waals surface area contributed by atoms with Crippen molar-refractivity contribution in [2.75, 3.05) is 31.2 Å². The Kier molecular flexibility index (Phi) is 7.12. The molecule has 8 heteroatoms. The van der Waals surface area contributed by atoms with Crippen LogP contribution in [0.15, 0.2) is 59.8 Å². The number of rotatable bonds is 7. The highest BCUT2D eigenvalue weighted by Crippen LogP contribution is 2.30. The van der Waals surface area contributed by atoms with Gasteiger partial charge < -0.3 is 15.0 Å². The topological polar surface area (TPSA) is 72.3 Å². The normalized spacial score (nSPS) is 15.9. The zero-order valence-electron chi connectivity index (χ0n) is 18.7. The number of hydrogen-bond acceptors (Lipinski definition) is 6. The second-order valence-electron chi connectivity index (χ2n) is 7.96. The van der Waals surface area contributed by atoms with E-state index in [1.807, 2.05) is 60.9 Å². The smallest absolute Gasteiger partial charge is 0.233 e. The minimum atomic E-state index is -0.327. The molecule has 7 nitrogen and oxygen atoms in total. The number of morpholine rings is 1. The molecule has 3 aromatic rings. The monoisotopic (exact) mass is 451 g/mol. The Morgan fingerprint density at radius 1 is 1.06 bits per heavy atom. The molecule has 0 spiro atoms. The van der Waals surface area contributed by atoms with Gasteiger partial charge >= 0.3 is 0 Å². The summed E-state index contributed by atoms with van der Waals surface area (Å²) in [4.78, 5) is 15.1. The van der Waals surface area contributed by atoms with E-state index < -0.39 is 0 Å². The molecule has 1 aliphatic rings. The van der Waals surface area contributed by atoms with Gasteiger partial charge in [-0.25, -0.2) is 0 Å². The van der Waals surface area contributed by atoms with Crippen LogP contribution in [0.1, 0.15) is 31.0 Å². The number of aryl methyl sites for hydroxylation is 1. The van der Waals surface area contributed by atoms with Crippen molar-refractivity contribution >= 4 is 23.6 Å². The number of nitrogens with one attached hydrogen (secondary N) is 1. The van der Waals surface area contributed by atoms with Crippen LogP contribution in [-0.2, 0) is 9.53 Å². The van der Waals surface area contributed by atoms with Crippen molar-refractivity contribution in [1.82, 2.24) is 20.1 Å². The minimum Gasteiger partial charge on any atom is -0.378 e. The molecule has 1 saturated heterocycles. The number of carbonyl (C=O) groups excluding carboxylic acids is 1. The Bertz CT molecular complexity index is 1050. The van der Waals surface area contributed by atoms with Crippen LogP contribution in [0.3, 0.4) is 0 Å². The Hall–Kier alpha value is -2.84. The van der Waals surface area contributed by atoms with Crippen LogP contribution < -0.4 is 10.2 Å². The first-order chi connectivity index (χ1) is 15.5. The highest BCUT2D eigenvalue weighted by atomic mass is 32.2. The lowest BCUT2D eigenvalue weighted by Crippen LogP contribution is -2.38. The number of ether oxygens (including phenoxy) is 1. The molecule has 0 saturated carbocycles. The van der Waals surface area contributed by atoms with Crippen molar-refractivity contribution < 1.29 is 9.53 Å². The van der Waals surface area contributed by atoms with Gasteiger partial charge in [0.05, 0.1) is 30.2 Å². The van der Waals surface area contributed by atoms with Gasteiger partial charge in [-0.05, 0) is 44.0 Å². The number of hydrogen-bond donors (Lipinski definition) is 1. The molecule has 0 radical (unpaired) electrons. The highest BCUT2D eigenvalue weighted by Gasteiger charge is 2.25. The summed E-state index contributed by atoms with van der Waals surface area (Å²) in [5.74, 6) is 0.754. The molecule has 1 amide bonds. The van der Waals surface area contributed by atoms with Crippen molar-refractivity contribution in [1.29, 1.82) is 0 Å². The number of amides is 1. The van der Waals surface area contributed by atoms with Crippen molar-refractivity contribution in [3.63, 3.8) is 0 Å². The van der Waals surface area contributed by atoms with E-state index in [1.165, 1.54) is 11.8 Å². The predicted molar refractivity (Wildman–Crippen MR) is 127 cm³/mol. The van der Waals surface area contributed by atoms with Crippen molar-refractivity contribution in [3.8, 4) is 5.69 Å². The third-order valence-electron chi connectivity index (χ3n) is 5.48. The Balaban J connectivity index is 1.56. The fourth-order valence-corrected chi connectivity index (χ4v) is 4.54. The average Bonchev–Trinajstić information content (AvgIpc) is 3.23. The molecule has 2 aromatic carbocycles. The first kappa shape index (κ1) is 22.4. The summed E-state index contributed by atoms with van der Waals surface area (Å²) in [6.07, 6.45) is 0. The molecule has 4 rings (SSSR count). The van der Waals surface area contributed by atoms with Gasteiger partial charge in [0.25, 0.3) is 0 Å². The first-order valence-electron chi connectivity index (χ1n) is 10.9. The predicted octanol–water partition coefficient (Wildman–Crippen LogP) is 3.77. The van der Waals surface area contributed by atoms with Gasteiger partial charge in [0.15, 0.2) is 5.16 Å². The van der Waals surface area contributed by atoms with Gasteiger partial charge in [0.1, 0.15) is 0 Å². The molecule has 0 aliphatic carbocycles. The van der Waals surface area contributed by atoms with E-state index in [0.29, 0.717) is 18.4 Å². The Morgan fingerprint density at radius 3 is 2.53 bits per heavy atom. The fourth-order valence-electron chi connectivity index (χ4n) is 3.67. The van der Waals surface area contributed by atoms with E-state index in [1.54, 1.807) is 0 Å². The Labute approximate surface area is 193 Å². The lowest BCUT2D eigenvalue weighted by atomic mass is 10.1. The van der Waals surface area contributed by atoms with Crippen LogP contribution in [0, 0.1) is 6.92 Å². The lowest BCUT2D eigenvalue weighted by molar-refractivity contribution is -0.120. The van der Waals surface area contributed by atoms with Gasteiger partial charge in [-0.3, -0.25) is 9.36 Å². The number of anilines is 1. The van der Waals surface area contributed by atoms with Crippen LogP contribution in [-0.4, -0.2) is 52.2 Å². The summed E-state index contributed by atoms with van der Waals surface area (Å²) in [6, 6.07) is 18.2. The third kappa shape index (κ3) is 5.14. The van der Waals surface area contributed by atoms with Gasteiger partial charge in [-0.1, -0.05) is 54.2 Å². The van der Waals surface area contributed by atoms with E-state index >= 15 is 0 Å². The van der Waals surface area contributed by atoms with Crippen LogP contribution in [0.4, 0.5) is 5.95 Å². The molecule has 32 heavy (non-hydrogen) atoms. The molecule has 1 aliphatic heterocycles. The largest absolute Gasteiger partial charge is 0.378 e. The summed E-state index contributed by atoms with van der Waals surface area (Å²) in [5, 5.41) is 12.5. The van der Waals surface area contributed by atoms with E-state index in [2.05, 4.69) is 39.5 Å². The van der Waals surface area contributed by atoms with Crippen molar-refractivity contribution in [2.24, 2.45) is 0 Å². The van der Waals surface area contributed by atoms with Gasteiger partial charge in [-0.15, -0.1) is 10.2 Å². The zero-order valence-corrected chi connectivity index (χ0v) is 19.5. The molecule has 1 N–H and O–H groups in total. The molecular formula is C24H29N5O2S. The summed E-state index contributed by atoms with van der Waals surface area (Å²) < 4.78 is 7.55. The molecule has 2 atom stereocenters.